The Hall–Kier alpha value is -1.79. The molecule has 1 fully saturated rings. The van der Waals surface area contributed by atoms with Gasteiger partial charge in [0.2, 0.25) is 5.91 Å². The van der Waals surface area contributed by atoms with Gasteiger partial charge in [-0.2, -0.15) is 0 Å². The molecule has 2 N–H and O–H groups in total. The molecular formula is C14H18ClN3O3. The van der Waals surface area contributed by atoms with E-state index in [2.05, 4.69) is 10.6 Å². The number of oxazole rings is 1. The number of carbonyl (C=O) groups is 1. The summed E-state index contributed by atoms with van der Waals surface area (Å²) in [5.74, 6) is -0.377. The van der Waals surface area contributed by atoms with Gasteiger partial charge < -0.3 is 15.1 Å². The molecule has 2 aromatic rings. The highest BCUT2D eigenvalue weighted by molar-refractivity contribution is 5.94. The lowest BCUT2D eigenvalue weighted by Gasteiger charge is -2.21. The lowest BCUT2D eigenvalue weighted by Crippen LogP contribution is -2.37. The minimum Gasteiger partial charge on any atom is -0.408 e. The maximum atomic E-state index is 12.2. The molecule has 3 rings (SSSR count). The number of fused-ring (bicyclic) bond motifs is 1. The van der Waals surface area contributed by atoms with E-state index < -0.39 is 5.76 Å². The van der Waals surface area contributed by atoms with E-state index in [-0.39, 0.29) is 24.2 Å². The summed E-state index contributed by atoms with van der Waals surface area (Å²) in [5, 5.41) is 6.13. The van der Waals surface area contributed by atoms with Gasteiger partial charge in [-0.15, -0.1) is 12.4 Å². The van der Waals surface area contributed by atoms with E-state index in [9.17, 15) is 9.59 Å². The fraction of sp³-hybridized carbons (Fsp3) is 0.429. The number of benzene rings is 1. The standard InChI is InChI=1S/C14H17N3O3.ClH/c1-17-11-7-10(4-5-12(11)20-14(17)19)16-13(18)9-3-2-6-15-8-9;/h4-5,7,9,15H,2-3,6,8H2,1H3,(H,16,18);1H. The van der Waals surface area contributed by atoms with Gasteiger partial charge in [0.15, 0.2) is 5.58 Å². The fourth-order valence-electron chi connectivity index (χ4n) is 2.52. The van der Waals surface area contributed by atoms with Crippen LogP contribution < -0.4 is 16.4 Å². The molecule has 6 nitrogen and oxygen atoms in total. The summed E-state index contributed by atoms with van der Waals surface area (Å²) in [6.07, 6.45) is 1.93. The SMILES string of the molecule is Cl.Cn1c(=O)oc2ccc(NC(=O)C3CCCNC3)cc21. The second-order valence-electron chi connectivity index (χ2n) is 5.14. The molecule has 114 valence electrons. The number of hydrogen-bond donors (Lipinski definition) is 2. The van der Waals surface area contributed by atoms with Crippen molar-refractivity contribution in [2.45, 2.75) is 12.8 Å². The van der Waals surface area contributed by atoms with Crippen molar-refractivity contribution in [1.29, 1.82) is 0 Å². The van der Waals surface area contributed by atoms with Crippen LogP contribution in [0.25, 0.3) is 11.1 Å². The zero-order valence-corrected chi connectivity index (χ0v) is 12.5. The highest BCUT2D eigenvalue weighted by Gasteiger charge is 2.21. The highest BCUT2D eigenvalue weighted by Crippen LogP contribution is 2.19. The van der Waals surface area contributed by atoms with E-state index in [1.807, 2.05) is 0 Å². The molecule has 1 unspecified atom stereocenters. The van der Waals surface area contributed by atoms with Crippen LogP contribution in [-0.4, -0.2) is 23.6 Å². The second-order valence-corrected chi connectivity index (χ2v) is 5.14. The molecule has 21 heavy (non-hydrogen) atoms. The maximum absolute atomic E-state index is 12.2. The fourth-order valence-corrected chi connectivity index (χ4v) is 2.52. The molecule has 1 amide bonds. The number of rotatable bonds is 2. The summed E-state index contributed by atoms with van der Waals surface area (Å²) in [5.41, 5.74) is 1.88. The molecule has 1 saturated heterocycles. The van der Waals surface area contributed by atoms with Gasteiger partial charge >= 0.3 is 5.76 Å². The Balaban J connectivity index is 0.00000161. The van der Waals surface area contributed by atoms with Crippen LogP contribution in [0.15, 0.2) is 27.4 Å². The Morgan fingerprint density at radius 3 is 3.00 bits per heavy atom. The molecule has 0 spiro atoms. The van der Waals surface area contributed by atoms with Crippen molar-refractivity contribution in [3.63, 3.8) is 0 Å². The van der Waals surface area contributed by atoms with Crippen LogP contribution in [0, 0.1) is 5.92 Å². The number of halogens is 1. The summed E-state index contributed by atoms with van der Waals surface area (Å²) in [6, 6.07) is 5.21. The lowest BCUT2D eigenvalue weighted by molar-refractivity contribution is -0.120. The summed E-state index contributed by atoms with van der Waals surface area (Å²) in [7, 11) is 1.64. The second kappa shape index (κ2) is 6.32. The van der Waals surface area contributed by atoms with Crippen molar-refractivity contribution >= 4 is 35.1 Å². The Morgan fingerprint density at radius 1 is 1.48 bits per heavy atom. The third-order valence-electron chi connectivity index (χ3n) is 3.73. The molecule has 0 radical (unpaired) electrons. The number of aryl methyl sites for hydroxylation is 1. The minimum absolute atomic E-state index is 0. The molecular weight excluding hydrogens is 294 g/mol. The zero-order valence-electron chi connectivity index (χ0n) is 11.7. The van der Waals surface area contributed by atoms with Crippen LogP contribution in [0.3, 0.4) is 0 Å². The summed E-state index contributed by atoms with van der Waals surface area (Å²) >= 11 is 0. The number of nitrogens with zero attached hydrogens (tertiary/aromatic N) is 1. The predicted molar refractivity (Wildman–Crippen MR) is 82.9 cm³/mol. The van der Waals surface area contributed by atoms with Crippen molar-refractivity contribution in [2.75, 3.05) is 18.4 Å². The average Bonchev–Trinajstić information content (AvgIpc) is 2.75. The average molecular weight is 312 g/mol. The molecule has 0 aliphatic carbocycles. The van der Waals surface area contributed by atoms with Crippen molar-refractivity contribution in [1.82, 2.24) is 9.88 Å². The molecule has 0 bridgehead atoms. The molecule has 2 heterocycles. The molecule has 0 saturated carbocycles. The summed E-state index contributed by atoms with van der Waals surface area (Å²) in [6.45, 7) is 1.70. The van der Waals surface area contributed by atoms with E-state index in [0.717, 1.165) is 25.9 Å². The van der Waals surface area contributed by atoms with Crippen LogP contribution in [0.4, 0.5) is 5.69 Å². The van der Waals surface area contributed by atoms with Crippen molar-refractivity contribution < 1.29 is 9.21 Å². The Morgan fingerprint density at radius 2 is 2.29 bits per heavy atom. The first-order chi connectivity index (χ1) is 9.65. The third kappa shape index (κ3) is 3.11. The van der Waals surface area contributed by atoms with Gasteiger partial charge in [-0.05, 0) is 37.6 Å². The predicted octanol–water partition coefficient (Wildman–Crippen LogP) is 1.49. The van der Waals surface area contributed by atoms with Crippen LogP contribution in [0.1, 0.15) is 12.8 Å². The molecule has 1 aromatic heterocycles. The van der Waals surface area contributed by atoms with Crippen molar-refractivity contribution in [3.05, 3.63) is 28.7 Å². The van der Waals surface area contributed by atoms with E-state index in [4.69, 9.17) is 4.42 Å². The zero-order chi connectivity index (χ0) is 14.1. The Labute approximate surface area is 127 Å². The van der Waals surface area contributed by atoms with Gasteiger partial charge in [0.25, 0.3) is 0 Å². The summed E-state index contributed by atoms with van der Waals surface area (Å²) in [4.78, 5) is 23.6. The third-order valence-corrected chi connectivity index (χ3v) is 3.73. The topological polar surface area (TPSA) is 76.3 Å². The highest BCUT2D eigenvalue weighted by atomic mass is 35.5. The van der Waals surface area contributed by atoms with Crippen molar-refractivity contribution in [2.24, 2.45) is 13.0 Å². The monoisotopic (exact) mass is 311 g/mol. The Kier molecular flexibility index (Phi) is 4.69. The minimum atomic E-state index is -0.403. The first kappa shape index (κ1) is 15.6. The van der Waals surface area contributed by atoms with Gasteiger partial charge in [-0.25, -0.2) is 4.79 Å². The van der Waals surface area contributed by atoms with Crippen LogP contribution in [0.2, 0.25) is 0 Å². The molecule has 1 atom stereocenters. The van der Waals surface area contributed by atoms with Crippen LogP contribution >= 0.6 is 12.4 Å². The van der Waals surface area contributed by atoms with Crippen LogP contribution in [-0.2, 0) is 11.8 Å². The molecule has 1 aromatic carbocycles. The van der Waals surface area contributed by atoms with Crippen molar-refractivity contribution in [3.8, 4) is 0 Å². The molecule has 1 aliphatic rings. The number of piperidine rings is 1. The number of anilines is 1. The largest absolute Gasteiger partial charge is 0.419 e. The van der Waals surface area contributed by atoms with Gasteiger partial charge in [0, 0.05) is 19.3 Å². The molecule has 1 aliphatic heterocycles. The number of carbonyl (C=O) groups excluding carboxylic acids is 1. The number of aromatic nitrogens is 1. The smallest absolute Gasteiger partial charge is 0.408 e. The normalized spacial score (nSPS) is 18.2. The maximum Gasteiger partial charge on any atom is 0.419 e. The van der Waals surface area contributed by atoms with Gasteiger partial charge in [-0.1, -0.05) is 0 Å². The first-order valence-corrected chi connectivity index (χ1v) is 6.76. The molecule has 7 heteroatoms. The first-order valence-electron chi connectivity index (χ1n) is 6.76. The lowest BCUT2D eigenvalue weighted by atomic mass is 9.99. The van der Waals surface area contributed by atoms with E-state index in [0.29, 0.717) is 16.8 Å². The Bertz CT molecular complexity index is 701. The van der Waals surface area contributed by atoms with Gasteiger partial charge in [-0.3, -0.25) is 9.36 Å². The van der Waals surface area contributed by atoms with E-state index >= 15 is 0 Å². The van der Waals surface area contributed by atoms with E-state index in [1.54, 1.807) is 25.2 Å². The number of amides is 1. The quantitative estimate of drug-likeness (QED) is 0.881. The van der Waals surface area contributed by atoms with Gasteiger partial charge in [0.05, 0.1) is 11.4 Å². The summed E-state index contributed by atoms with van der Waals surface area (Å²) < 4.78 is 6.48. The number of hydrogen-bond acceptors (Lipinski definition) is 4. The van der Waals surface area contributed by atoms with Gasteiger partial charge in [0.1, 0.15) is 0 Å². The van der Waals surface area contributed by atoms with E-state index in [1.165, 1.54) is 4.57 Å². The number of nitrogens with one attached hydrogen (secondary N) is 2. The van der Waals surface area contributed by atoms with Crippen LogP contribution in [0.5, 0.6) is 0 Å².